The van der Waals surface area contributed by atoms with E-state index in [9.17, 15) is 8.42 Å². The second-order valence-corrected chi connectivity index (χ2v) is 7.16. The maximum Gasteiger partial charge on any atom is 0.242 e. The maximum atomic E-state index is 11.8. The zero-order chi connectivity index (χ0) is 14.5. The molecule has 19 heavy (non-hydrogen) atoms. The molecule has 0 aromatic heterocycles. The van der Waals surface area contributed by atoms with Crippen LogP contribution in [0.5, 0.6) is 0 Å². The van der Waals surface area contributed by atoms with E-state index < -0.39 is 10.0 Å². The van der Waals surface area contributed by atoms with Crippen LogP contribution >= 0.6 is 0 Å². The van der Waals surface area contributed by atoms with Crippen molar-refractivity contribution in [2.75, 3.05) is 25.5 Å². The first kappa shape index (κ1) is 15.9. The Labute approximate surface area is 115 Å². The van der Waals surface area contributed by atoms with Crippen LogP contribution in [-0.2, 0) is 10.0 Å². The quantitative estimate of drug-likeness (QED) is 0.691. The standard InChI is InChI=1S/C13H23N3O2S/c1-13(2,3)16-10-9-15-11-7-5-6-8-12(11)19(17,18)14-4/h5-8,14-16H,9-10H2,1-4H3. The lowest BCUT2D eigenvalue weighted by Gasteiger charge is -2.21. The van der Waals surface area contributed by atoms with Gasteiger partial charge in [-0.2, -0.15) is 0 Å². The summed E-state index contributed by atoms with van der Waals surface area (Å²) in [5, 5.41) is 6.48. The van der Waals surface area contributed by atoms with E-state index in [0.29, 0.717) is 12.2 Å². The van der Waals surface area contributed by atoms with Crippen LogP contribution < -0.4 is 15.4 Å². The predicted molar refractivity (Wildman–Crippen MR) is 78.9 cm³/mol. The monoisotopic (exact) mass is 285 g/mol. The highest BCUT2D eigenvalue weighted by Crippen LogP contribution is 2.19. The lowest BCUT2D eigenvalue weighted by molar-refractivity contribution is 0.435. The van der Waals surface area contributed by atoms with Gasteiger partial charge in [-0.15, -0.1) is 0 Å². The van der Waals surface area contributed by atoms with E-state index in [1.54, 1.807) is 18.2 Å². The Morgan fingerprint density at radius 2 is 1.74 bits per heavy atom. The van der Waals surface area contributed by atoms with Gasteiger partial charge in [0.1, 0.15) is 4.90 Å². The zero-order valence-corrected chi connectivity index (χ0v) is 12.8. The molecule has 0 aliphatic carbocycles. The van der Waals surface area contributed by atoms with Crippen LogP contribution in [0, 0.1) is 0 Å². The minimum absolute atomic E-state index is 0.0538. The summed E-state index contributed by atoms with van der Waals surface area (Å²) >= 11 is 0. The van der Waals surface area contributed by atoms with E-state index in [-0.39, 0.29) is 10.4 Å². The Kier molecular flexibility index (Phi) is 5.34. The molecular formula is C13H23N3O2S. The van der Waals surface area contributed by atoms with Gasteiger partial charge in [-0.25, -0.2) is 13.1 Å². The first-order chi connectivity index (χ1) is 8.76. The molecule has 0 heterocycles. The third-order valence-corrected chi connectivity index (χ3v) is 4.01. The summed E-state index contributed by atoms with van der Waals surface area (Å²) in [6.07, 6.45) is 0. The minimum atomic E-state index is -3.43. The van der Waals surface area contributed by atoms with Crippen molar-refractivity contribution in [1.29, 1.82) is 0 Å². The second-order valence-electron chi connectivity index (χ2n) is 5.31. The number of nitrogens with one attached hydrogen (secondary N) is 3. The van der Waals surface area contributed by atoms with Crippen LogP contribution in [0.25, 0.3) is 0 Å². The van der Waals surface area contributed by atoms with Crippen LogP contribution in [0.2, 0.25) is 0 Å². The summed E-state index contributed by atoms with van der Waals surface area (Å²) in [6, 6.07) is 6.88. The molecule has 1 aromatic carbocycles. The van der Waals surface area contributed by atoms with Gasteiger partial charge in [0.05, 0.1) is 5.69 Å². The van der Waals surface area contributed by atoms with Crippen LogP contribution in [0.4, 0.5) is 5.69 Å². The molecule has 5 nitrogen and oxygen atoms in total. The zero-order valence-electron chi connectivity index (χ0n) is 11.9. The molecular weight excluding hydrogens is 262 g/mol. The summed E-state index contributed by atoms with van der Waals surface area (Å²) in [4.78, 5) is 0.272. The molecule has 0 unspecified atom stereocenters. The topological polar surface area (TPSA) is 70.2 Å². The summed E-state index contributed by atoms with van der Waals surface area (Å²) in [5.41, 5.74) is 0.672. The van der Waals surface area contributed by atoms with Gasteiger partial charge in [-0.1, -0.05) is 12.1 Å². The van der Waals surface area contributed by atoms with Gasteiger partial charge < -0.3 is 10.6 Å². The highest BCUT2D eigenvalue weighted by atomic mass is 32.2. The van der Waals surface area contributed by atoms with Crippen LogP contribution in [0.3, 0.4) is 0 Å². The number of rotatable bonds is 6. The van der Waals surface area contributed by atoms with Crippen molar-refractivity contribution in [3.05, 3.63) is 24.3 Å². The summed E-state index contributed by atoms with van der Waals surface area (Å²) in [5.74, 6) is 0. The number of hydrogen-bond donors (Lipinski definition) is 3. The molecule has 3 N–H and O–H groups in total. The number of hydrogen-bond acceptors (Lipinski definition) is 4. The molecule has 0 radical (unpaired) electrons. The van der Waals surface area contributed by atoms with E-state index in [0.717, 1.165) is 6.54 Å². The largest absolute Gasteiger partial charge is 0.383 e. The summed E-state index contributed by atoms with van der Waals surface area (Å²) in [7, 11) is -2.02. The molecule has 0 amide bonds. The third-order valence-electron chi connectivity index (χ3n) is 2.54. The summed E-state index contributed by atoms with van der Waals surface area (Å²) < 4.78 is 26.0. The smallest absolute Gasteiger partial charge is 0.242 e. The maximum absolute atomic E-state index is 11.8. The number of para-hydroxylation sites is 1. The Morgan fingerprint density at radius 3 is 2.32 bits per heavy atom. The SMILES string of the molecule is CNS(=O)(=O)c1ccccc1NCCNC(C)(C)C. The molecule has 6 heteroatoms. The fourth-order valence-corrected chi connectivity index (χ4v) is 2.50. The Balaban J connectivity index is 2.70. The van der Waals surface area contributed by atoms with Gasteiger partial charge >= 0.3 is 0 Å². The minimum Gasteiger partial charge on any atom is -0.383 e. The molecule has 108 valence electrons. The average molecular weight is 285 g/mol. The van der Waals surface area contributed by atoms with Crippen LogP contribution in [0.1, 0.15) is 20.8 Å². The molecule has 0 saturated heterocycles. The van der Waals surface area contributed by atoms with Crippen molar-refractivity contribution in [1.82, 2.24) is 10.0 Å². The Bertz CT molecular complexity index is 507. The Morgan fingerprint density at radius 1 is 1.11 bits per heavy atom. The van der Waals surface area contributed by atoms with Gasteiger partial charge in [-0.05, 0) is 40.0 Å². The first-order valence-electron chi connectivity index (χ1n) is 6.28. The molecule has 0 bridgehead atoms. The van der Waals surface area contributed by atoms with Crippen LogP contribution in [0.15, 0.2) is 29.2 Å². The molecule has 1 rings (SSSR count). The first-order valence-corrected chi connectivity index (χ1v) is 7.76. The van der Waals surface area contributed by atoms with Crippen LogP contribution in [-0.4, -0.2) is 34.1 Å². The lowest BCUT2D eigenvalue weighted by atomic mass is 10.1. The highest BCUT2D eigenvalue weighted by Gasteiger charge is 2.15. The molecule has 1 aromatic rings. The fourth-order valence-electron chi connectivity index (χ4n) is 1.59. The van der Waals surface area contributed by atoms with Gasteiger partial charge in [0.25, 0.3) is 0 Å². The number of benzene rings is 1. The van der Waals surface area contributed by atoms with Crippen molar-refractivity contribution >= 4 is 15.7 Å². The van der Waals surface area contributed by atoms with Gasteiger partial charge in [0, 0.05) is 18.6 Å². The van der Waals surface area contributed by atoms with Crippen molar-refractivity contribution < 1.29 is 8.42 Å². The molecule has 0 saturated carbocycles. The Hall–Kier alpha value is -1.11. The van der Waals surface area contributed by atoms with E-state index in [4.69, 9.17) is 0 Å². The average Bonchev–Trinajstić information content (AvgIpc) is 2.34. The molecule has 0 spiro atoms. The molecule has 0 fully saturated rings. The number of anilines is 1. The van der Waals surface area contributed by atoms with Gasteiger partial charge in [0.2, 0.25) is 10.0 Å². The fraction of sp³-hybridized carbons (Fsp3) is 0.538. The van der Waals surface area contributed by atoms with E-state index in [1.807, 2.05) is 6.07 Å². The lowest BCUT2D eigenvalue weighted by Crippen LogP contribution is -2.38. The molecule has 0 atom stereocenters. The third kappa shape index (κ3) is 5.18. The van der Waals surface area contributed by atoms with E-state index >= 15 is 0 Å². The van der Waals surface area contributed by atoms with Crippen molar-refractivity contribution in [2.24, 2.45) is 0 Å². The highest BCUT2D eigenvalue weighted by molar-refractivity contribution is 7.89. The van der Waals surface area contributed by atoms with Crippen molar-refractivity contribution in [3.63, 3.8) is 0 Å². The summed E-state index contributed by atoms with van der Waals surface area (Å²) in [6.45, 7) is 7.69. The van der Waals surface area contributed by atoms with Crippen molar-refractivity contribution in [3.8, 4) is 0 Å². The van der Waals surface area contributed by atoms with E-state index in [1.165, 1.54) is 7.05 Å². The van der Waals surface area contributed by atoms with E-state index in [2.05, 4.69) is 36.1 Å². The predicted octanol–water partition coefficient (Wildman–Crippen LogP) is 1.39. The van der Waals surface area contributed by atoms with Crippen molar-refractivity contribution in [2.45, 2.75) is 31.2 Å². The molecule has 0 aliphatic heterocycles. The van der Waals surface area contributed by atoms with Gasteiger partial charge in [0.15, 0.2) is 0 Å². The van der Waals surface area contributed by atoms with Gasteiger partial charge in [-0.3, -0.25) is 0 Å². The number of sulfonamides is 1. The molecule has 0 aliphatic rings. The normalized spacial score (nSPS) is 12.4. The second kappa shape index (κ2) is 6.36.